The molecule has 3 nitrogen and oxygen atoms in total. The van der Waals surface area contributed by atoms with Gasteiger partial charge in [0.1, 0.15) is 6.04 Å². The molecule has 0 saturated heterocycles. The molecule has 0 bridgehead atoms. The van der Waals surface area contributed by atoms with Crippen LogP contribution in [-0.2, 0) is 9.53 Å². The Morgan fingerprint density at radius 1 is 1.31 bits per heavy atom. The summed E-state index contributed by atoms with van der Waals surface area (Å²) in [5, 5.41) is 0. The van der Waals surface area contributed by atoms with Crippen LogP contribution in [-0.4, -0.2) is 12.6 Å². The first-order valence-corrected chi connectivity index (χ1v) is 5.48. The summed E-state index contributed by atoms with van der Waals surface area (Å²) < 4.78 is 4.92. The molecule has 0 saturated carbocycles. The van der Waals surface area contributed by atoms with E-state index in [-0.39, 0.29) is 5.97 Å². The largest absolute Gasteiger partial charge is 0.465 e. The van der Waals surface area contributed by atoms with Crippen LogP contribution in [0.2, 0.25) is 0 Å². The first kappa shape index (κ1) is 12.7. The molecule has 0 aliphatic heterocycles. The number of ether oxygens (including phenoxy) is 1. The molecule has 0 heterocycles. The molecule has 16 heavy (non-hydrogen) atoms. The maximum atomic E-state index is 11.5. The van der Waals surface area contributed by atoms with Crippen LogP contribution in [0.5, 0.6) is 0 Å². The van der Waals surface area contributed by atoms with E-state index in [1.807, 2.05) is 32.9 Å². The van der Waals surface area contributed by atoms with Gasteiger partial charge in [0.05, 0.1) is 6.61 Å². The zero-order valence-corrected chi connectivity index (χ0v) is 10.3. The van der Waals surface area contributed by atoms with Gasteiger partial charge in [0.25, 0.3) is 0 Å². The predicted octanol–water partition coefficient (Wildman–Crippen LogP) is 2.17. The first-order valence-electron chi connectivity index (χ1n) is 5.48. The van der Waals surface area contributed by atoms with Gasteiger partial charge in [-0.25, -0.2) is 4.79 Å². The fourth-order valence-corrected chi connectivity index (χ4v) is 1.67. The van der Waals surface area contributed by atoms with Crippen LogP contribution in [0, 0.1) is 20.8 Å². The second-order valence-electron chi connectivity index (χ2n) is 3.95. The average Bonchev–Trinajstić information content (AvgIpc) is 2.26. The Balaban J connectivity index is 3.05. The molecule has 0 aromatic heterocycles. The Kier molecular flexibility index (Phi) is 4.07. The second-order valence-corrected chi connectivity index (χ2v) is 3.95. The van der Waals surface area contributed by atoms with Crippen LogP contribution in [0.3, 0.4) is 0 Å². The third-order valence-corrected chi connectivity index (χ3v) is 2.98. The molecule has 1 unspecified atom stereocenters. The molecule has 2 N–H and O–H groups in total. The van der Waals surface area contributed by atoms with E-state index in [9.17, 15) is 4.79 Å². The predicted molar refractivity (Wildman–Crippen MR) is 64.2 cm³/mol. The Morgan fingerprint density at radius 3 is 2.50 bits per heavy atom. The van der Waals surface area contributed by atoms with Crippen LogP contribution >= 0.6 is 0 Å². The highest BCUT2D eigenvalue weighted by Gasteiger charge is 2.19. The molecule has 0 aliphatic carbocycles. The van der Waals surface area contributed by atoms with Crippen molar-refractivity contribution in [2.75, 3.05) is 6.61 Å². The fourth-order valence-electron chi connectivity index (χ4n) is 1.67. The van der Waals surface area contributed by atoms with Crippen LogP contribution in [0.1, 0.15) is 35.2 Å². The zero-order chi connectivity index (χ0) is 12.3. The van der Waals surface area contributed by atoms with E-state index < -0.39 is 6.04 Å². The number of carbonyl (C=O) groups is 1. The molecule has 3 heteroatoms. The Labute approximate surface area is 96.6 Å². The van der Waals surface area contributed by atoms with E-state index in [1.165, 1.54) is 11.1 Å². The standard InChI is InChI=1S/C13H19NO2/c1-5-16-13(15)12(14)11-7-6-8(2)9(3)10(11)4/h6-7,12H,5,14H2,1-4H3. The number of hydrogen-bond donors (Lipinski definition) is 1. The van der Waals surface area contributed by atoms with Crippen molar-refractivity contribution in [3.8, 4) is 0 Å². The summed E-state index contributed by atoms with van der Waals surface area (Å²) in [6, 6.07) is 3.20. The lowest BCUT2D eigenvalue weighted by atomic mass is 9.95. The van der Waals surface area contributed by atoms with Gasteiger partial charge in [-0.15, -0.1) is 0 Å². The first-order chi connectivity index (χ1) is 7.49. The molecule has 1 aromatic carbocycles. The fraction of sp³-hybridized carbons (Fsp3) is 0.462. The van der Waals surface area contributed by atoms with E-state index in [2.05, 4.69) is 0 Å². The number of rotatable bonds is 3. The number of nitrogens with two attached hydrogens (primary N) is 1. The summed E-state index contributed by atoms with van der Waals surface area (Å²) in [5.74, 6) is -0.367. The van der Waals surface area contributed by atoms with Gasteiger partial charge in [-0.1, -0.05) is 12.1 Å². The van der Waals surface area contributed by atoms with Gasteiger partial charge in [-0.2, -0.15) is 0 Å². The van der Waals surface area contributed by atoms with Crippen molar-refractivity contribution in [3.05, 3.63) is 34.4 Å². The van der Waals surface area contributed by atoms with Crippen molar-refractivity contribution in [2.24, 2.45) is 5.73 Å². The minimum atomic E-state index is -0.681. The highest BCUT2D eigenvalue weighted by atomic mass is 16.5. The topological polar surface area (TPSA) is 52.3 Å². The third kappa shape index (κ3) is 2.42. The molecule has 1 aromatic rings. The summed E-state index contributed by atoms with van der Waals surface area (Å²) in [5.41, 5.74) is 10.2. The van der Waals surface area contributed by atoms with Crippen molar-refractivity contribution in [1.29, 1.82) is 0 Å². The van der Waals surface area contributed by atoms with Crippen LogP contribution < -0.4 is 5.73 Å². The van der Waals surface area contributed by atoms with E-state index in [0.29, 0.717) is 6.61 Å². The molecule has 0 aliphatic rings. The average molecular weight is 221 g/mol. The van der Waals surface area contributed by atoms with Crippen molar-refractivity contribution in [1.82, 2.24) is 0 Å². The smallest absolute Gasteiger partial charge is 0.327 e. The summed E-state index contributed by atoms with van der Waals surface area (Å²) in [6.07, 6.45) is 0. The monoisotopic (exact) mass is 221 g/mol. The Hall–Kier alpha value is -1.35. The number of benzene rings is 1. The van der Waals surface area contributed by atoms with E-state index in [1.54, 1.807) is 6.92 Å². The van der Waals surface area contributed by atoms with Crippen LogP contribution in [0.15, 0.2) is 12.1 Å². The van der Waals surface area contributed by atoms with Crippen molar-refractivity contribution < 1.29 is 9.53 Å². The van der Waals surface area contributed by atoms with Crippen molar-refractivity contribution >= 4 is 5.97 Å². The van der Waals surface area contributed by atoms with Gasteiger partial charge in [-0.05, 0) is 49.9 Å². The summed E-state index contributed by atoms with van der Waals surface area (Å²) in [7, 11) is 0. The maximum absolute atomic E-state index is 11.5. The molecular weight excluding hydrogens is 202 g/mol. The lowest BCUT2D eigenvalue weighted by Gasteiger charge is -2.16. The van der Waals surface area contributed by atoms with Gasteiger partial charge < -0.3 is 10.5 Å². The minimum absolute atomic E-state index is 0.358. The zero-order valence-electron chi connectivity index (χ0n) is 10.3. The molecule has 0 amide bonds. The quantitative estimate of drug-likeness (QED) is 0.796. The van der Waals surface area contributed by atoms with E-state index in [0.717, 1.165) is 11.1 Å². The summed E-state index contributed by atoms with van der Waals surface area (Å²) >= 11 is 0. The van der Waals surface area contributed by atoms with Gasteiger partial charge in [0, 0.05) is 0 Å². The van der Waals surface area contributed by atoms with Crippen molar-refractivity contribution in [3.63, 3.8) is 0 Å². The van der Waals surface area contributed by atoms with Crippen molar-refractivity contribution in [2.45, 2.75) is 33.7 Å². The Morgan fingerprint density at radius 2 is 1.94 bits per heavy atom. The minimum Gasteiger partial charge on any atom is -0.465 e. The van der Waals surface area contributed by atoms with E-state index in [4.69, 9.17) is 10.5 Å². The highest BCUT2D eigenvalue weighted by Crippen LogP contribution is 2.22. The highest BCUT2D eigenvalue weighted by molar-refractivity contribution is 5.78. The normalized spacial score (nSPS) is 12.3. The van der Waals surface area contributed by atoms with Gasteiger partial charge in [0.2, 0.25) is 0 Å². The third-order valence-electron chi connectivity index (χ3n) is 2.98. The summed E-state index contributed by atoms with van der Waals surface area (Å²) in [6.45, 7) is 8.19. The molecular formula is C13H19NO2. The lowest BCUT2D eigenvalue weighted by Crippen LogP contribution is -2.24. The SMILES string of the molecule is CCOC(=O)C(N)c1ccc(C)c(C)c1C. The molecule has 0 fully saturated rings. The molecule has 0 radical (unpaired) electrons. The van der Waals surface area contributed by atoms with Crippen LogP contribution in [0.4, 0.5) is 0 Å². The molecule has 1 rings (SSSR count). The lowest BCUT2D eigenvalue weighted by molar-refractivity contribution is -0.144. The Bertz CT molecular complexity index is 399. The molecule has 1 atom stereocenters. The number of esters is 1. The van der Waals surface area contributed by atoms with Gasteiger partial charge in [0.15, 0.2) is 0 Å². The van der Waals surface area contributed by atoms with Gasteiger partial charge in [-0.3, -0.25) is 0 Å². The van der Waals surface area contributed by atoms with Crippen LogP contribution in [0.25, 0.3) is 0 Å². The summed E-state index contributed by atoms with van der Waals surface area (Å²) in [4.78, 5) is 11.5. The maximum Gasteiger partial charge on any atom is 0.327 e. The number of hydrogen-bond acceptors (Lipinski definition) is 3. The van der Waals surface area contributed by atoms with Gasteiger partial charge >= 0.3 is 5.97 Å². The number of carbonyl (C=O) groups excluding carboxylic acids is 1. The van der Waals surface area contributed by atoms with E-state index >= 15 is 0 Å². The number of aryl methyl sites for hydroxylation is 1. The molecule has 88 valence electrons. The molecule has 0 spiro atoms. The second kappa shape index (κ2) is 5.12.